The van der Waals surface area contributed by atoms with Crippen LogP contribution in [0.2, 0.25) is 0 Å². The van der Waals surface area contributed by atoms with Crippen LogP contribution >= 0.6 is 11.8 Å². The number of amides is 2. The smallest absolute Gasteiger partial charge is 0.338 e. The quantitative estimate of drug-likeness (QED) is 0.136. The molecule has 0 N–H and O–H groups in total. The van der Waals surface area contributed by atoms with Crippen molar-refractivity contribution >= 4 is 46.5 Å². The Morgan fingerprint density at radius 1 is 0.864 bits per heavy atom. The van der Waals surface area contributed by atoms with E-state index in [1.165, 1.54) is 7.11 Å². The van der Waals surface area contributed by atoms with E-state index < -0.39 is 22.4 Å². The first kappa shape index (κ1) is 32.2. The summed E-state index contributed by atoms with van der Waals surface area (Å²) in [5.41, 5.74) is 2.51. The molecule has 3 aromatic carbocycles. The van der Waals surface area contributed by atoms with Crippen molar-refractivity contribution in [1.82, 2.24) is 4.90 Å². The Morgan fingerprint density at radius 2 is 1.45 bits per heavy atom. The molecule has 0 spiro atoms. The van der Waals surface area contributed by atoms with Crippen molar-refractivity contribution in [3.8, 4) is 23.0 Å². The zero-order chi connectivity index (χ0) is 31.8. The van der Waals surface area contributed by atoms with Crippen molar-refractivity contribution < 1.29 is 42.9 Å². The molecule has 230 valence electrons. The maximum absolute atomic E-state index is 12.7. The molecule has 0 aliphatic carbocycles. The molecule has 2 amide bonds. The molecule has 1 aliphatic heterocycles. The second-order valence-corrected chi connectivity index (χ2v) is 11.2. The van der Waals surface area contributed by atoms with Crippen LogP contribution in [0.3, 0.4) is 0 Å². The van der Waals surface area contributed by atoms with Crippen LogP contribution in [0, 0.1) is 5.92 Å². The zero-order valence-electron chi connectivity index (χ0n) is 25.0. The van der Waals surface area contributed by atoms with Crippen molar-refractivity contribution in [2.45, 2.75) is 25.5 Å². The van der Waals surface area contributed by atoms with Gasteiger partial charge in [0.05, 0.1) is 38.1 Å². The molecule has 10 nitrogen and oxygen atoms in total. The Labute approximate surface area is 259 Å². The number of ether oxygens (including phenoxy) is 5. The van der Waals surface area contributed by atoms with Gasteiger partial charge >= 0.3 is 11.9 Å². The van der Waals surface area contributed by atoms with E-state index in [1.54, 1.807) is 88.7 Å². The topological polar surface area (TPSA) is 118 Å². The lowest BCUT2D eigenvalue weighted by atomic mass is 10.0. The lowest BCUT2D eigenvalue weighted by Gasteiger charge is -2.15. The molecule has 1 atom stereocenters. The highest BCUT2D eigenvalue weighted by Crippen LogP contribution is 2.32. The van der Waals surface area contributed by atoms with Gasteiger partial charge in [-0.2, -0.15) is 0 Å². The van der Waals surface area contributed by atoms with Crippen LogP contribution in [0.1, 0.15) is 30.5 Å². The minimum atomic E-state index is -0.602. The van der Waals surface area contributed by atoms with Crippen LogP contribution in [0.25, 0.3) is 11.6 Å². The number of carbonyl (C=O) groups excluding carboxylic acids is 4. The first-order valence-electron chi connectivity index (χ1n) is 13.7. The van der Waals surface area contributed by atoms with Gasteiger partial charge in [0.2, 0.25) is 5.91 Å². The maximum atomic E-state index is 12.7. The van der Waals surface area contributed by atoms with Gasteiger partial charge < -0.3 is 23.7 Å². The second kappa shape index (κ2) is 14.6. The van der Waals surface area contributed by atoms with Gasteiger partial charge in [-0.3, -0.25) is 14.4 Å². The van der Waals surface area contributed by atoms with E-state index in [0.29, 0.717) is 46.1 Å². The fourth-order valence-corrected chi connectivity index (χ4v) is 5.25. The third kappa shape index (κ3) is 7.99. The molecule has 0 saturated carbocycles. The molecule has 11 heteroatoms. The van der Waals surface area contributed by atoms with Gasteiger partial charge in [-0.05, 0) is 65.6 Å². The summed E-state index contributed by atoms with van der Waals surface area (Å²) >= 11 is 0.920. The summed E-state index contributed by atoms with van der Waals surface area (Å²) in [7, 11) is 4.43. The fraction of sp³-hybridized carbons (Fsp3) is 0.273. The van der Waals surface area contributed by atoms with Gasteiger partial charge in [-0.15, -0.1) is 0 Å². The average molecular weight is 620 g/mol. The van der Waals surface area contributed by atoms with Crippen molar-refractivity contribution in [3.05, 3.63) is 83.4 Å². The number of esters is 2. The summed E-state index contributed by atoms with van der Waals surface area (Å²) in [5, 5.41) is -1.04. The second-order valence-electron chi connectivity index (χ2n) is 10.1. The number of thioether (sulfide) groups is 1. The summed E-state index contributed by atoms with van der Waals surface area (Å²) in [6, 6.07) is 19.5. The van der Waals surface area contributed by atoms with Crippen LogP contribution in [0.5, 0.6) is 23.0 Å². The fourth-order valence-electron chi connectivity index (χ4n) is 4.24. The van der Waals surface area contributed by atoms with Crippen LogP contribution in [0.15, 0.2) is 66.7 Å². The van der Waals surface area contributed by atoms with Crippen molar-refractivity contribution in [2.75, 3.05) is 28.1 Å². The third-order valence-corrected chi connectivity index (χ3v) is 7.72. The highest BCUT2D eigenvalue weighted by molar-refractivity contribution is 8.15. The molecule has 0 radical (unpaired) electrons. The Balaban J connectivity index is 1.41. The van der Waals surface area contributed by atoms with Gasteiger partial charge in [0.25, 0.3) is 5.24 Å². The Morgan fingerprint density at radius 3 is 2.00 bits per heavy atom. The van der Waals surface area contributed by atoms with Crippen molar-refractivity contribution in [3.63, 3.8) is 0 Å². The van der Waals surface area contributed by atoms with E-state index >= 15 is 0 Å². The molecule has 0 bridgehead atoms. The number of rotatable bonds is 12. The molecule has 1 fully saturated rings. The van der Waals surface area contributed by atoms with Crippen molar-refractivity contribution in [2.24, 2.45) is 5.92 Å². The summed E-state index contributed by atoms with van der Waals surface area (Å²) in [6.45, 7) is 2.98. The van der Waals surface area contributed by atoms with Crippen LogP contribution in [0.4, 0.5) is 4.79 Å². The third-order valence-electron chi connectivity index (χ3n) is 6.65. The van der Waals surface area contributed by atoms with Gasteiger partial charge in [0.15, 0.2) is 6.73 Å². The van der Waals surface area contributed by atoms with Gasteiger partial charge in [0.1, 0.15) is 23.0 Å². The molecule has 0 aromatic heterocycles. The molecule has 4 rings (SSSR count). The lowest BCUT2D eigenvalue weighted by molar-refractivity contribution is -0.152. The van der Waals surface area contributed by atoms with Gasteiger partial charge in [0, 0.05) is 6.07 Å². The highest BCUT2D eigenvalue weighted by atomic mass is 32.2. The summed E-state index contributed by atoms with van der Waals surface area (Å²) in [5.74, 6) is 0.572. The highest BCUT2D eigenvalue weighted by Gasteiger charge is 2.40. The molecule has 1 heterocycles. The average Bonchev–Trinajstić information content (AvgIpc) is 3.30. The summed E-state index contributed by atoms with van der Waals surface area (Å²) in [6.07, 6.45) is 2.03. The Bertz CT molecular complexity index is 1530. The zero-order valence-corrected chi connectivity index (χ0v) is 25.8. The van der Waals surface area contributed by atoms with Crippen LogP contribution in [-0.4, -0.2) is 61.3 Å². The first-order chi connectivity index (χ1) is 21.1. The molecule has 1 aliphatic rings. The van der Waals surface area contributed by atoms with E-state index in [1.807, 2.05) is 12.1 Å². The molecule has 1 saturated heterocycles. The Kier molecular flexibility index (Phi) is 10.7. The molecular formula is C33H33NO9S. The predicted octanol–water partition coefficient (Wildman–Crippen LogP) is 5.97. The van der Waals surface area contributed by atoms with Crippen LogP contribution < -0.4 is 14.2 Å². The normalized spacial score (nSPS) is 14.9. The number of methoxy groups -OCH3 is 3. The largest absolute Gasteiger partial charge is 0.497 e. The van der Waals surface area contributed by atoms with E-state index in [0.717, 1.165) is 22.2 Å². The predicted molar refractivity (Wildman–Crippen MR) is 166 cm³/mol. The number of carbonyl (C=O) groups is 4. The number of imide groups is 1. The van der Waals surface area contributed by atoms with E-state index in [9.17, 15) is 19.2 Å². The molecule has 44 heavy (non-hydrogen) atoms. The lowest BCUT2D eigenvalue weighted by Crippen LogP contribution is -2.35. The molecule has 3 aromatic rings. The SMILES string of the molecule is COC(=O)/C(=C/c1cc(OC)cc(OC)c1)c1ccc(Oc2ccc(CC3SC(=O)N(COC(=O)C(C)C)C3=O)cc2)cc1. The Hall–Kier alpha value is -4.77. The molecular weight excluding hydrogens is 586 g/mol. The van der Waals surface area contributed by atoms with Gasteiger partial charge in [-0.25, -0.2) is 9.69 Å². The maximum Gasteiger partial charge on any atom is 0.338 e. The number of nitrogens with zero attached hydrogens (tertiary/aromatic N) is 1. The number of benzene rings is 3. The minimum Gasteiger partial charge on any atom is -0.497 e. The monoisotopic (exact) mass is 619 g/mol. The number of hydrogen-bond donors (Lipinski definition) is 0. The van der Waals surface area contributed by atoms with E-state index in [-0.39, 0.29) is 18.6 Å². The first-order valence-corrected chi connectivity index (χ1v) is 14.6. The van der Waals surface area contributed by atoms with E-state index in [4.69, 9.17) is 23.7 Å². The van der Waals surface area contributed by atoms with E-state index in [2.05, 4.69) is 0 Å². The number of hydrogen-bond acceptors (Lipinski definition) is 10. The minimum absolute atomic E-state index is 0.334. The van der Waals surface area contributed by atoms with Crippen molar-refractivity contribution in [1.29, 1.82) is 0 Å². The summed E-state index contributed by atoms with van der Waals surface area (Å²) in [4.78, 5) is 50.4. The molecule has 1 unspecified atom stereocenters. The summed E-state index contributed by atoms with van der Waals surface area (Å²) < 4.78 is 26.7. The van der Waals surface area contributed by atoms with Gasteiger partial charge in [-0.1, -0.05) is 49.9 Å². The van der Waals surface area contributed by atoms with Crippen LogP contribution in [-0.2, 0) is 30.3 Å². The standard InChI is InChI=1S/C33H33NO9S/c1-20(2)31(36)42-19-34-30(35)29(44-33(34)38)17-21-6-10-24(11-7-21)43-25-12-8-23(9-13-25)28(32(37)41-5)16-22-14-26(39-3)18-27(15-22)40-4/h6-16,18,20,29H,17,19H2,1-5H3/b28-16+.